The van der Waals surface area contributed by atoms with Gasteiger partial charge in [0.2, 0.25) is 5.91 Å². The summed E-state index contributed by atoms with van der Waals surface area (Å²) >= 11 is 6.21. The van der Waals surface area contributed by atoms with Gasteiger partial charge in [-0.1, -0.05) is 41.9 Å². The van der Waals surface area contributed by atoms with Crippen molar-refractivity contribution in [3.05, 3.63) is 59.1 Å². The normalized spacial score (nSPS) is 13.3. The number of nitrogens with two attached hydrogens (primary N) is 1. The molecule has 0 aromatic heterocycles. The molecule has 0 aliphatic heterocycles. The zero-order chi connectivity index (χ0) is 15.5. The lowest BCUT2D eigenvalue weighted by Crippen LogP contribution is -2.45. The van der Waals surface area contributed by atoms with Crippen LogP contribution in [0.25, 0.3) is 0 Å². The molecular formula is C16H17ClN2O2. The van der Waals surface area contributed by atoms with Crippen LogP contribution in [-0.2, 0) is 10.3 Å². The number of hydrogen-bond acceptors (Lipinski definition) is 3. The standard InChI is InChI=1S/C16H17ClN2O2/c1-16(15(18)20,11-7-3-4-8-12(11)17)19-13-9-5-6-10-14(13)21-2/h3-10,19H,1-2H3,(H2,18,20). The molecule has 1 unspecified atom stereocenters. The van der Waals surface area contributed by atoms with E-state index in [1.807, 2.05) is 24.3 Å². The lowest BCUT2D eigenvalue weighted by atomic mass is 9.90. The molecule has 5 heteroatoms. The van der Waals surface area contributed by atoms with Crippen LogP contribution >= 0.6 is 11.6 Å². The second kappa shape index (κ2) is 6.06. The highest BCUT2D eigenvalue weighted by molar-refractivity contribution is 6.31. The molecule has 0 saturated heterocycles. The lowest BCUT2D eigenvalue weighted by molar-refractivity contribution is -0.122. The number of methoxy groups -OCH3 is 1. The van der Waals surface area contributed by atoms with Crippen molar-refractivity contribution in [3.63, 3.8) is 0 Å². The predicted molar refractivity (Wildman–Crippen MR) is 84.6 cm³/mol. The molecule has 4 nitrogen and oxygen atoms in total. The molecule has 0 fully saturated rings. The molecule has 0 radical (unpaired) electrons. The molecule has 2 aromatic rings. The summed E-state index contributed by atoms with van der Waals surface area (Å²) in [5.74, 6) is 0.0959. The first kappa shape index (κ1) is 15.2. The van der Waals surface area contributed by atoms with Crippen LogP contribution in [0.3, 0.4) is 0 Å². The van der Waals surface area contributed by atoms with Crippen molar-refractivity contribution in [1.82, 2.24) is 0 Å². The van der Waals surface area contributed by atoms with E-state index in [1.54, 1.807) is 38.3 Å². The average Bonchev–Trinajstić information content (AvgIpc) is 2.48. The number of anilines is 1. The first-order chi connectivity index (χ1) is 9.99. The molecule has 0 spiro atoms. The van der Waals surface area contributed by atoms with Crippen molar-refractivity contribution in [1.29, 1.82) is 0 Å². The summed E-state index contributed by atoms with van der Waals surface area (Å²) in [7, 11) is 1.57. The van der Waals surface area contributed by atoms with E-state index in [9.17, 15) is 4.79 Å². The van der Waals surface area contributed by atoms with E-state index in [0.29, 0.717) is 22.0 Å². The first-order valence-electron chi connectivity index (χ1n) is 6.45. The molecule has 0 heterocycles. The molecule has 2 rings (SSSR count). The highest BCUT2D eigenvalue weighted by Crippen LogP contribution is 2.34. The van der Waals surface area contributed by atoms with Gasteiger partial charge in [-0.2, -0.15) is 0 Å². The molecule has 0 aliphatic carbocycles. The Kier molecular flexibility index (Phi) is 4.38. The summed E-state index contributed by atoms with van der Waals surface area (Å²) in [6.45, 7) is 1.70. The molecule has 0 bridgehead atoms. The summed E-state index contributed by atoms with van der Waals surface area (Å²) in [5.41, 5.74) is 5.75. The fourth-order valence-corrected chi connectivity index (χ4v) is 2.47. The van der Waals surface area contributed by atoms with Gasteiger partial charge < -0.3 is 15.8 Å². The fourth-order valence-electron chi connectivity index (χ4n) is 2.15. The number of halogens is 1. The number of carbonyl (C=O) groups excluding carboxylic acids is 1. The van der Waals surface area contributed by atoms with E-state index in [2.05, 4.69) is 5.32 Å². The van der Waals surface area contributed by atoms with Gasteiger partial charge in [0, 0.05) is 10.6 Å². The summed E-state index contributed by atoms with van der Waals surface area (Å²) in [5, 5.41) is 3.62. The third-order valence-corrected chi connectivity index (χ3v) is 3.73. The van der Waals surface area contributed by atoms with Crippen molar-refractivity contribution in [2.75, 3.05) is 12.4 Å². The predicted octanol–water partition coefficient (Wildman–Crippen LogP) is 3.16. The molecule has 1 atom stereocenters. The Morgan fingerprint density at radius 1 is 1.19 bits per heavy atom. The topological polar surface area (TPSA) is 64.3 Å². The van der Waals surface area contributed by atoms with Crippen LogP contribution in [0, 0.1) is 0 Å². The van der Waals surface area contributed by atoms with Crippen LogP contribution in [0.15, 0.2) is 48.5 Å². The zero-order valence-electron chi connectivity index (χ0n) is 11.9. The maximum atomic E-state index is 12.0. The minimum absolute atomic E-state index is 0.473. The monoisotopic (exact) mass is 304 g/mol. The SMILES string of the molecule is COc1ccccc1NC(C)(C(N)=O)c1ccccc1Cl. The van der Waals surface area contributed by atoms with Crippen molar-refractivity contribution < 1.29 is 9.53 Å². The second-order valence-corrected chi connectivity index (χ2v) is 5.20. The smallest absolute Gasteiger partial charge is 0.247 e. The van der Waals surface area contributed by atoms with Crippen molar-refractivity contribution in [2.24, 2.45) is 5.73 Å². The Bertz CT molecular complexity index is 660. The van der Waals surface area contributed by atoms with E-state index < -0.39 is 11.4 Å². The molecular weight excluding hydrogens is 288 g/mol. The summed E-state index contributed by atoms with van der Waals surface area (Å²) < 4.78 is 5.29. The Morgan fingerprint density at radius 3 is 2.43 bits per heavy atom. The maximum absolute atomic E-state index is 12.0. The van der Waals surface area contributed by atoms with Gasteiger partial charge in [0.05, 0.1) is 12.8 Å². The summed E-state index contributed by atoms with van der Waals surface area (Å²) in [4.78, 5) is 12.0. The highest BCUT2D eigenvalue weighted by Gasteiger charge is 2.35. The molecule has 1 amide bonds. The highest BCUT2D eigenvalue weighted by atomic mass is 35.5. The van der Waals surface area contributed by atoms with E-state index in [4.69, 9.17) is 22.1 Å². The van der Waals surface area contributed by atoms with Crippen LogP contribution in [0.1, 0.15) is 12.5 Å². The molecule has 3 N–H and O–H groups in total. The summed E-state index contributed by atoms with van der Waals surface area (Å²) in [6.07, 6.45) is 0. The Hall–Kier alpha value is -2.20. The van der Waals surface area contributed by atoms with Crippen LogP contribution in [0.4, 0.5) is 5.69 Å². The van der Waals surface area contributed by atoms with E-state index in [0.717, 1.165) is 0 Å². The van der Waals surface area contributed by atoms with E-state index in [-0.39, 0.29) is 0 Å². The molecule has 2 aromatic carbocycles. The van der Waals surface area contributed by atoms with E-state index >= 15 is 0 Å². The number of primary amides is 1. The third kappa shape index (κ3) is 2.95. The maximum Gasteiger partial charge on any atom is 0.247 e. The minimum atomic E-state index is -1.15. The lowest BCUT2D eigenvalue weighted by Gasteiger charge is -2.30. The van der Waals surface area contributed by atoms with Gasteiger partial charge in [0.25, 0.3) is 0 Å². The number of carbonyl (C=O) groups is 1. The average molecular weight is 305 g/mol. The van der Waals surface area contributed by atoms with Gasteiger partial charge in [0.15, 0.2) is 0 Å². The van der Waals surface area contributed by atoms with Gasteiger partial charge in [-0.25, -0.2) is 0 Å². The number of rotatable bonds is 5. The van der Waals surface area contributed by atoms with Gasteiger partial charge >= 0.3 is 0 Å². The summed E-state index contributed by atoms with van der Waals surface area (Å²) in [6, 6.07) is 14.4. The van der Waals surface area contributed by atoms with Gasteiger partial charge in [-0.15, -0.1) is 0 Å². The number of para-hydroxylation sites is 2. The first-order valence-corrected chi connectivity index (χ1v) is 6.83. The largest absolute Gasteiger partial charge is 0.495 e. The molecule has 110 valence electrons. The number of ether oxygens (including phenoxy) is 1. The number of nitrogens with one attached hydrogen (secondary N) is 1. The fraction of sp³-hybridized carbons (Fsp3) is 0.188. The van der Waals surface area contributed by atoms with Crippen molar-refractivity contribution in [2.45, 2.75) is 12.5 Å². The number of hydrogen-bond donors (Lipinski definition) is 2. The Balaban J connectivity index is 2.49. The van der Waals surface area contributed by atoms with Crippen LogP contribution < -0.4 is 15.8 Å². The van der Waals surface area contributed by atoms with Crippen LogP contribution in [-0.4, -0.2) is 13.0 Å². The Labute approximate surface area is 128 Å². The second-order valence-electron chi connectivity index (χ2n) is 4.79. The van der Waals surface area contributed by atoms with E-state index in [1.165, 1.54) is 0 Å². The molecule has 0 saturated carbocycles. The Morgan fingerprint density at radius 2 is 1.81 bits per heavy atom. The molecule has 0 aliphatic rings. The minimum Gasteiger partial charge on any atom is -0.495 e. The quantitative estimate of drug-likeness (QED) is 0.892. The zero-order valence-corrected chi connectivity index (χ0v) is 12.6. The van der Waals surface area contributed by atoms with Gasteiger partial charge in [-0.05, 0) is 25.1 Å². The number of benzene rings is 2. The van der Waals surface area contributed by atoms with Crippen LogP contribution in [0.5, 0.6) is 5.75 Å². The number of amides is 1. The van der Waals surface area contributed by atoms with Gasteiger partial charge in [0.1, 0.15) is 11.3 Å². The van der Waals surface area contributed by atoms with Crippen LogP contribution in [0.2, 0.25) is 5.02 Å². The molecule has 21 heavy (non-hydrogen) atoms. The third-order valence-electron chi connectivity index (χ3n) is 3.40. The van der Waals surface area contributed by atoms with Gasteiger partial charge in [-0.3, -0.25) is 4.79 Å². The van der Waals surface area contributed by atoms with Crippen molar-refractivity contribution in [3.8, 4) is 5.75 Å². The van der Waals surface area contributed by atoms with Crippen molar-refractivity contribution >= 4 is 23.2 Å².